The Balaban J connectivity index is 3.01. The standard InChI is InChI=1S/C27H37NO3/c1-4-5-6-7-17-24-18-11-8-14-22(2)15-9-12-19-25(29)26(30)21-23(3)16-10-13-20-27(31)28-24/h6-16,19-21,24-26,29-30H,4-5,17-18H2,1-3H3,(H,28,31)/b7-6+,11-8+,15-9+,16-10+,19-12-,20-13+,22-14+,23-21-/t24-,25-,26+/m1/s1. The first kappa shape index (κ1) is 26.3. The highest BCUT2D eigenvalue weighted by atomic mass is 16.3. The lowest BCUT2D eigenvalue weighted by molar-refractivity contribution is -0.117. The summed E-state index contributed by atoms with van der Waals surface area (Å²) in [6.07, 6.45) is 27.3. The first-order valence-corrected chi connectivity index (χ1v) is 11.0. The van der Waals surface area contributed by atoms with E-state index in [1.165, 1.54) is 6.08 Å². The van der Waals surface area contributed by atoms with Gasteiger partial charge in [0, 0.05) is 12.1 Å². The van der Waals surface area contributed by atoms with E-state index < -0.39 is 12.2 Å². The van der Waals surface area contributed by atoms with E-state index in [0.717, 1.165) is 36.8 Å². The number of unbranched alkanes of at least 4 members (excludes halogenated alkanes) is 1. The van der Waals surface area contributed by atoms with Crippen molar-refractivity contribution in [1.29, 1.82) is 0 Å². The topological polar surface area (TPSA) is 69.6 Å². The van der Waals surface area contributed by atoms with Gasteiger partial charge in [-0.25, -0.2) is 0 Å². The first-order chi connectivity index (χ1) is 14.9. The van der Waals surface area contributed by atoms with Crippen LogP contribution in [0.25, 0.3) is 0 Å². The van der Waals surface area contributed by atoms with Gasteiger partial charge in [-0.2, -0.15) is 0 Å². The Morgan fingerprint density at radius 3 is 2.45 bits per heavy atom. The number of hydrogen-bond acceptors (Lipinski definition) is 3. The van der Waals surface area contributed by atoms with Crippen LogP contribution in [0.4, 0.5) is 0 Å². The molecular formula is C27H37NO3. The van der Waals surface area contributed by atoms with Gasteiger partial charge in [-0.15, -0.1) is 0 Å². The zero-order valence-corrected chi connectivity index (χ0v) is 18.9. The molecule has 1 heterocycles. The van der Waals surface area contributed by atoms with Crippen LogP contribution in [0, 0.1) is 0 Å². The Morgan fingerprint density at radius 1 is 0.968 bits per heavy atom. The molecule has 4 heteroatoms. The van der Waals surface area contributed by atoms with Gasteiger partial charge in [-0.3, -0.25) is 4.79 Å². The van der Waals surface area contributed by atoms with E-state index in [1.807, 2.05) is 38.2 Å². The van der Waals surface area contributed by atoms with Gasteiger partial charge in [0.2, 0.25) is 5.91 Å². The highest BCUT2D eigenvalue weighted by Gasteiger charge is 2.09. The Bertz CT molecular complexity index is 778. The second kappa shape index (κ2) is 16.1. The molecule has 1 rings (SSSR count). The van der Waals surface area contributed by atoms with Gasteiger partial charge in [-0.05, 0) is 33.1 Å². The maximum atomic E-state index is 12.3. The molecule has 3 atom stereocenters. The minimum Gasteiger partial charge on any atom is -0.386 e. The SMILES string of the molecule is CCC/C=C/C[C@@H]1C/C=C/C=C(C)/C=C/C=C\[C@@H](O)[C@@H](O)\C=C(C)/C=C/C=C/C(=O)N1. The molecular weight excluding hydrogens is 386 g/mol. The van der Waals surface area contributed by atoms with Crippen molar-refractivity contribution in [3.8, 4) is 0 Å². The van der Waals surface area contributed by atoms with Gasteiger partial charge in [0.1, 0.15) is 12.2 Å². The Hall–Kier alpha value is -2.69. The minimum absolute atomic E-state index is 0.0292. The van der Waals surface area contributed by atoms with Crippen molar-refractivity contribution < 1.29 is 15.0 Å². The summed E-state index contributed by atoms with van der Waals surface area (Å²) >= 11 is 0. The van der Waals surface area contributed by atoms with Crippen molar-refractivity contribution in [3.05, 3.63) is 96.2 Å². The molecule has 0 radical (unpaired) electrons. The third-order valence-electron chi connectivity index (χ3n) is 4.58. The number of aliphatic hydroxyl groups is 2. The molecule has 0 aromatic carbocycles. The number of amides is 1. The van der Waals surface area contributed by atoms with Crippen LogP contribution in [0.3, 0.4) is 0 Å². The van der Waals surface area contributed by atoms with Crippen LogP contribution in [0.2, 0.25) is 0 Å². The lowest BCUT2D eigenvalue weighted by Crippen LogP contribution is -2.32. The van der Waals surface area contributed by atoms with E-state index in [-0.39, 0.29) is 11.9 Å². The van der Waals surface area contributed by atoms with Crippen LogP contribution in [-0.2, 0) is 4.79 Å². The maximum Gasteiger partial charge on any atom is 0.244 e. The van der Waals surface area contributed by atoms with E-state index in [0.29, 0.717) is 0 Å². The van der Waals surface area contributed by atoms with Crippen LogP contribution in [-0.4, -0.2) is 34.4 Å². The lowest BCUT2D eigenvalue weighted by atomic mass is 10.1. The van der Waals surface area contributed by atoms with Gasteiger partial charge in [-0.1, -0.05) is 103 Å². The summed E-state index contributed by atoms with van der Waals surface area (Å²) in [5.74, 6) is -0.141. The van der Waals surface area contributed by atoms with Gasteiger partial charge >= 0.3 is 0 Å². The first-order valence-electron chi connectivity index (χ1n) is 11.0. The average Bonchev–Trinajstić information content (AvgIpc) is 2.73. The number of carbonyl (C=O) groups is 1. The summed E-state index contributed by atoms with van der Waals surface area (Å²) in [6, 6.07) is 0.0292. The molecule has 0 bridgehead atoms. The molecule has 31 heavy (non-hydrogen) atoms. The third kappa shape index (κ3) is 13.3. The van der Waals surface area contributed by atoms with Crippen molar-refractivity contribution in [2.75, 3.05) is 0 Å². The fraction of sp³-hybridized carbons (Fsp3) is 0.370. The van der Waals surface area contributed by atoms with Crippen molar-refractivity contribution in [3.63, 3.8) is 0 Å². The molecule has 3 N–H and O–H groups in total. The zero-order chi connectivity index (χ0) is 22.9. The van der Waals surface area contributed by atoms with Crippen molar-refractivity contribution in [2.24, 2.45) is 0 Å². The molecule has 1 aliphatic heterocycles. The number of rotatable bonds is 4. The van der Waals surface area contributed by atoms with Gasteiger partial charge < -0.3 is 15.5 Å². The van der Waals surface area contributed by atoms with Gasteiger partial charge in [0.05, 0.1) is 0 Å². The normalized spacial score (nSPS) is 32.7. The van der Waals surface area contributed by atoms with Crippen LogP contribution in [0.5, 0.6) is 0 Å². The summed E-state index contributed by atoms with van der Waals surface area (Å²) in [6.45, 7) is 5.96. The number of allylic oxidation sites excluding steroid dienone is 11. The monoisotopic (exact) mass is 423 g/mol. The number of nitrogens with one attached hydrogen (secondary N) is 1. The maximum absolute atomic E-state index is 12.3. The van der Waals surface area contributed by atoms with E-state index >= 15 is 0 Å². The predicted molar refractivity (Wildman–Crippen MR) is 130 cm³/mol. The number of carbonyl (C=O) groups excluding carboxylic acids is 1. The Labute approximate surface area is 187 Å². The van der Waals surface area contributed by atoms with Gasteiger partial charge in [0.15, 0.2) is 0 Å². The molecule has 0 saturated carbocycles. The van der Waals surface area contributed by atoms with E-state index in [1.54, 1.807) is 36.5 Å². The van der Waals surface area contributed by atoms with Crippen LogP contribution < -0.4 is 5.32 Å². The molecule has 0 fully saturated rings. The molecule has 0 spiro atoms. The Morgan fingerprint density at radius 2 is 1.68 bits per heavy atom. The van der Waals surface area contributed by atoms with E-state index in [2.05, 4.69) is 30.5 Å². The lowest BCUT2D eigenvalue weighted by Gasteiger charge is -2.14. The van der Waals surface area contributed by atoms with E-state index in [4.69, 9.17) is 0 Å². The molecule has 0 aliphatic carbocycles. The highest BCUT2D eigenvalue weighted by Crippen LogP contribution is 2.06. The van der Waals surface area contributed by atoms with Crippen molar-refractivity contribution >= 4 is 5.91 Å². The summed E-state index contributed by atoms with van der Waals surface area (Å²) < 4.78 is 0. The summed E-state index contributed by atoms with van der Waals surface area (Å²) in [5, 5.41) is 23.2. The number of aliphatic hydroxyl groups excluding tert-OH is 2. The molecule has 168 valence electrons. The summed E-state index contributed by atoms with van der Waals surface area (Å²) in [4.78, 5) is 12.3. The van der Waals surface area contributed by atoms with Crippen LogP contribution >= 0.6 is 0 Å². The van der Waals surface area contributed by atoms with Gasteiger partial charge in [0.25, 0.3) is 0 Å². The molecule has 4 nitrogen and oxygen atoms in total. The van der Waals surface area contributed by atoms with Crippen LogP contribution in [0.1, 0.15) is 46.5 Å². The fourth-order valence-electron chi connectivity index (χ4n) is 2.80. The fourth-order valence-corrected chi connectivity index (χ4v) is 2.80. The van der Waals surface area contributed by atoms with E-state index in [9.17, 15) is 15.0 Å². The second-order valence-corrected chi connectivity index (χ2v) is 7.63. The molecule has 0 saturated heterocycles. The second-order valence-electron chi connectivity index (χ2n) is 7.63. The van der Waals surface area contributed by atoms with Crippen LogP contribution in [0.15, 0.2) is 96.2 Å². The zero-order valence-electron chi connectivity index (χ0n) is 18.9. The smallest absolute Gasteiger partial charge is 0.244 e. The quantitative estimate of drug-likeness (QED) is 0.556. The summed E-state index contributed by atoms with van der Waals surface area (Å²) in [7, 11) is 0. The molecule has 0 unspecified atom stereocenters. The molecule has 0 aromatic heterocycles. The predicted octanol–water partition coefficient (Wildman–Crippen LogP) is 5.02. The molecule has 0 aromatic rings. The van der Waals surface area contributed by atoms with Crippen molar-refractivity contribution in [2.45, 2.75) is 64.7 Å². The summed E-state index contributed by atoms with van der Waals surface area (Å²) in [5.41, 5.74) is 1.84. The molecule has 1 aliphatic rings. The Kier molecular flexibility index (Phi) is 13.6. The highest BCUT2D eigenvalue weighted by molar-refractivity contribution is 5.88. The average molecular weight is 424 g/mol. The minimum atomic E-state index is -1.01. The van der Waals surface area contributed by atoms with Crippen molar-refractivity contribution in [1.82, 2.24) is 5.32 Å². The molecule has 1 amide bonds. The largest absolute Gasteiger partial charge is 0.386 e. The third-order valence-corrected chi connectivity index (χ3v) is 4.58. The number of hydrogen-bond donors (Lipinski definition) is 3.